The minimum Gasteiger partial charge on any atom is -1.00 e. The molecule has 0 N–H and O–H groups in total. The van der Waals surface area contributed by atoms with Crippen LogP contribution in [0.25, 0.3) is 0 Å². The molecule has 7 heteroatoms. The Balaban J connectivity index is -0.000000404. The number of aryl methyl sites for hydroxylation is 3. The molecule has 0 saturated heterocycles. The number of esters is 2. The first kappa shape index (κ1) is 32.8. The van der Waals surface area contributed by atoms with E-state index in [0.29, 0.717) is 11.1 Å². The van der Waals surface area contributed by atoms with Crippen molar-refractivity contribution in [2.75, 3.05) is 14.2 Å². The quantitative estimate of drug-likeness (QED) is 0.341. The number of methoxy groups -OCH3 is 2. The summed E-state index contributed by atoms with van der Waals surface area (Å²) in [7, 11) is 2.78. The minimum absolute atomic E-state index is 0. The van der Waals surface area contributed by atoms with Crippen LogP contribution in [0.2, 0.25) is 0 Å². The molecule has 0 atom stereocenters. The SMILES string of the molecule is CCc1ccc(C(=O)OC)c(C)c1.COC(=O)c1ccc(Br)cc1C.[Br-].[CH2-]C.[Mg+2]. The predicted molar refractivity (Wildman–Crippen MR) is 119 cm³/mol. The summed E-state index contributed by atoms with van der Waals surface area (Å²) in [5.74, 6) is -0.555. The van der Waals surface area contributed by atoms with Gasteiger partial charge >= 0.3 is 35.0 Å². The maximum absolute atomic E-state index is 11.2. The molecule has 4 nitrogen and oxygen atoms in total. The van der Waals surface area contributed by atoms with Crippen LogP contribution in [0.15, 0.2) is 40.9 Å². The third-order valence-electron chi connectivity index (χ3n) is 3.70. The van der Waals surface area contributed by atoms with Crippen LogP contribution in [0.1, 0.15) is 51.3 Å². The van der Waals surface area contributed by atoms with E-state index in [0.717, 1.165) is 22.0 Å². The normalized spacial score (nSPS) is 8.55. The molecule has 156 valence electrons. The Hall–Kier alpha value is -0.894. The van der Waals surface area contributed by atoms with Crippen LogP contribution in [-0.2, 0) is 15.9 Å². The van der Waals surface area contributed by atoms with Crippen molar-refractivity contribution in [3.05, 3.63) is 75.6 Å². The largest absolute Gasteiger partial charge is 2.00 e. The zero-order valence-corrected chi connectivity index (χ0v) is 22.6. The zero-order valence-electron chi connectivity index (χ0n) is 18.0. The minimum atomic E-state index is -0.292. The fourth-order valence-electron chi connectivity index (χ4n) is 2.25. The van der Waals surface area contributed by atoms with Gasteiger partial charge in [0, 0.05) is 4.47 Å². The Bertz CT molecular complexity index is 764. The molecule has 0 aliphatic rings. The first-order valence-electron chi connectivity index (χ1n) is 8.57. The van der Waals surface area contributed by atoms with Crippen LogP contribution in [0, 0.1) is 20.8 Å². The maximum Gasteiger partial charge on any atom is 2.00 e. The molecule has 2 aromatic rings. The van der Waals surface area contributed by atoms with Gasteiger partial charge in [-0.1, -0.05) is 35.0 Å². The van der Waals surface area contributed by atoms with Gasteiger partial charge in [-0.3, -0.25) is 0 Å². The van der Waals surface area contributed by atoms with E-state index in [9.17, 15) is 9.59 Å². The topological polar surface area (TPSA) is 52.6 Å². The smallest absolute Gasteiger partial charge is 1.00 e. The standard InChI is InChI=1S/C11H14O2.C9H9BrO2.C2H5.BrH.Mg/c1-4-9-5-6-10(8(2)7-9)11(12)13-3;1-6-5-7(10)3-4-8(6)9(11)12-2;1-2;;/h5-7H,4H2,1-3H3;3-5H,1-2H3;1H2,2H3;1H;/q;;-1;;+2/p-1. The van der Waals surface area contributed by atoms with E-state index in [-0.39, 0.29) is 52.0 Å². The van der Waals surface area contributed by atoms with E-state index in [1.807, 2.05) is 44.2 Å². The molecule has 0 fully saturated rings. The first-order chi connectivity index (χ1) is 12.8. The van der Waals surface area contributed by atoms with Gasteiger partial charge in [0.25, 0.3) is 0 Å². The first-order valence-corrected chi connectivity index (χ1v) is 9.36. The molecular formula is C22H28Br2MgO4. The molecule has 2 rings (SSSR count). The number of benzene rings is 2. The molecular weight excluding hydrogens is 512 g/mol. The van der Waals surface area contributed by atoms with Crippen molar-refractivity contribution in [3.63, 3.8) is 0 Å². The van der Waals surface area contributed by atoms with E-state index in [1.54, 1.807) is 13.0 Å². The number of carbonyl (C=O) groups is 2. The zero-order chi connectivity index (χ0) is 21.0. The Morgan fingerprint density at radius 2 is 1.31 bits per heavy atom. The number of hydrogen-bond acceptors (Lipinski definition) is 4. The second kappa shape index (κ2) is 17.9. The number of ether oxygens (including phenoxy) is 2. The molecule has 0 amide bonds. The summed E-state index contributed by atoms with van der Waals surface area (Å²) in [6, 6.07) is 11.2. The van der Waals surface area contributed by atoms with Crippen molar-refractivity contribution >= 4 is 50.9 Å². The summed E-state index contributed by atoms with van der Waals surface area (Å²) in [6.45, 7) is 10.9. The van der Waals surface area contributed by atoms with Gasteiger partial charge in [0.1, 0.15) is 0 Å². The number of rotatable bonds is 3. The fourth-order valence-corrected chi connectivity index (χ4v) is 2.73. The molecule has 2 aromatic carbocycles. The Morgan fingerprint density at radius 3 is 1.66 bits per heavy atom. The van der Waals surface area contributed by atoms with Gasteiger partial charge in [0.05, 0.1) is 25.3 Å². The van der Waals surface area contributed by atoms with Crippen LogP contribution in [0.3, 0.4) is 0 Å². The van der Waals surface area contributed by atoms with Crippen molar-refractivity contribution in [1.29, 1.82) is 0 Å². The van der Waals surface area contributed by atoms with Crippen molar-refractivity contribution in [3.8, 4) is 0 Å². The van der Waals surface area contributed by atoms with Crippen LogP contribution in [0.4, 0.5) is 0 Å². The van der Waals surface area contributed by atoms with E-state index in [1.165, 1.54) is 19.8 Å². The molecule has 0 saturated carbocycles. The fraction of sp³-hybridized carbons (Fsp3) is 0.318. The number of carbonyl (C=O) groups excluding carboxylic acids is 2. The van der Waals surface area contributed by atoms with Crippen LogP contribution < -0.4 is 17.0 Å². The van der Waals surface area contributed by atoms with Crippen LogP contribution in [0.5, 0.6) is 0 Å². The van der Waals surface area contributed by atoms with Gasteiger partial charge in [-0.25, -0.2) is 9.59 Å². The van der Waals surface area contributed by atoms with Gasteiger partial charge < -0.3 is 33.4 Å². The van der Waals surface area contributed by atoms with Crippen molar-refractivity contribution in [2.45, 2.75) is 34.1 Å². The summed E-state index contributed by atoms with van der Waals surface area (Å²) in [4.78, 5) is 22.3. The van der Waals surface area contributed by atoms with Crippen LogP contribution >= 0.6 is 15.9 Å². The van der Waals surface area contributed by atoms with Gasteiger partial charge in [-0.15, -0.1) is 0 Å². The average Bonchev–Trinajstić information content (AvgIpc) is 2.68. The van der Waals surface area contributed by atoms with E-state index >= 15 is 0 Å². The van der Waals surface area contributed by atoms with Crippen molar-refractivity contribution in [1.82, 2.24) is 0 Å². The summed E-state index contributed by atoms with van der Waals surface area (Å²) < 4.78 is 10.2. The second-order valence-corrected chi connectivity index (χ2v) is 6.36. The van der Waals surface area contributed by atoms with Crippen molar-refractivity contribution < 1.29 is 36.0 Å². The molecule has 0 heterocycles. The third-order valence-corrected chi connectivity index (χ3v) is 4.19. The average molecular weight is 541 g/mol. The Labute approximate surface area is 209 Å². The molecule has 0 bridgehead atoms. The molecule has 0 radical (unpaired) electrons. The Morgan fingerprint density at radius 1 is 0.897 bits per heavy atom. The summed E-state index contributed by atoms with van der Waals surface area (Å²) in [5, 5.41) is 0. The van der Waals surface area contributed by atoms with E-state index in [4.69, 9.17) is 0 Å². The molecule has 0 aliphatic carbocycles. The van der Waals surface area contributed by atoms with E-state index in [2.05, 4.69) is 39.3 Å². The molecule has 0 unspecified atom stereocenters. The van der Waals surface area contributed by atoms with Gasteiger partial charge in [0.2, 0.25) is 0 Å². The third kappa shape index (κ3) is 11.2. The molecule has 0 aromatic heterocycles. The van der Waals surface area contributed by atoms with Gasteiger partial charge in [-0.05, 0) is 61.2 Å². The Kier molecular flexibility index (Phi) is 20.2. The predicted octanol–water partition coefficient (Wildman–Crippen LogP) is 2.35. The van der Waals surface area contributed by atoms with Gasteiger partial charge in [-0.2, -0.15) is 6.92 Å². The molecule has 29 heavy (non-hydrogen) atoms. The summed E-state index contributed by atoms with van der Waals surface area (Å²) in [5.41, 5.74) is 4.40. The van der Waals surface area contributed by atoms with E-state index < -0.39 is 0 Å². The number of halogens is 2. The van der Waals surface area contributed by atoms with Crippen LogP contribution in [-0.4, -0.2) is 49.2 Å². The monoisotopic (exact) mass is 538 g/mol. The summed E-state index contributed by atoms with van der Waals surface area (Å²) >= 11 is 3.32. The number of hydrogen-bond donors (Lipinski definition) is 0. The maximum atomic E-state index is 11.2. The van der Waals surface area contributed by atoms with Gasteiger partial charge in [0.15, 0.2) is 0 Å². The summed E-state index contributed by atoms with van der Waals surface area (Å²) in [6.07, 6.45) is 0.988. The molecule has 0 spiro atoms. The molecule has 0 aliphatic heterocycles. The second-order valence-electron chi connectivity index (χ2n) is 5.45. The van der Waals surface area contributed by atoms with Crippen molar-refractivity contribution in [2.24, 2.45) is 0 Å².